The zero-order valence-electron chi connectivity index (χ0n) is 11.3. The number of benzene rings is 1. The summed E-state index contributed by atoms with van der Waals surface area (Å²) in [5, 5.41) is 1.32. The largest absolute Gasteiger partial charge is 0.497 e. The first kappa shape index (κ1) is 11.6. The molecular formula is C15H20N2O. The van der Waals surface area contributed by atoms with Gasteiger partial charge in [0.2, 0.25) is 0 Å². The highest BCUT2D eigenvalue weighted by Gasteiger charge is 2.24. The van der Waals surface area contributed by atoms with Gasteiger partial charge in [0.15, 0.2) is 0 Å². The van der Waals surface area contributed by atoms with Crippen molar-refractivity contribution in [2.45, 2.75) is 32.2 Å². The molecule has 1 heterocycles. The minimum atomic E-state index is 0.177. The van der Waals surface area contributed by atoms with Crippen molar-refractivity contribution in [3.8, 4) is 5.75 Å². The third-order valence-electron chi connectivity index (χ3n) is 4.13. The van der Waals surface area contributed by atoms with Crippen molar-refractivity contribution in [1.29, 1.82) is 0 Å². The van der Waals surface area contributed by atoms with Gasteiger partial charge in [0.25, 0.3) is 0 Å². The number of hydrogen-bond donors (Lipinski definition) is 1. The molecule has 0 aliphatic heterocycles. The van der Waals surface area contributed by atoms with Crippen LogP contribution >= 0.6 is 0 Å². The summed E-state index contributed by atoms with van der Waals surface area (Å²) in [6.07, 6.45) is 3.41. The molecule has 1 aliphatic rings. The second kappa shape index (κ2) is 4.02. The molecule has 1 atom stereocenters. The Balaban J connectivity index is 2.39. The van der Waals surface area contributed by atoms with Crippen LogP contribution in [0, 0.1) is 6.92 Å². The molecule has 0 saturated carbocycles. The summed E-state index contributed by atoms with van der Waals surface area (Å²) < 4.78 is 7.67. The highest BCUT2D eigenvalue weighted by molar-refractivity contribution is 5.90. The van der Waals surface area contributed by atoms with Crippen molar-refractivity contribution < 1.29 is 4.74 Å². The van der Waals surface area contributed by atoms with Gasteiger partial charge in [-0.2, -0.15) is 0 Å². The topological polar surface area (TPSA) is 40.2 Å². The van der Waals surface area contributed by atoms with Crippen LogP contribution in [-0.4, -0.2) is 11.7 Å². The fourth-order valence-corrected chi connectivity index (χ4v) is 3.37. The third-order valence-corrected chi connectivity index (χ3v) is 4.13. The Kier molecular flexibility index (Phi) is 2.59. The molecule has 0 bridgehead atoms. The molecule has 3 rings (SSSR count). The van der Waals surface area contributed by atoms with Gasteiger partial charge >= 0.3 is 0 Å². The maximum absolute atomic E-state index is 6.28. The van der Waals surface area contributed by atoms with Gasteiger partial charge in [-0.1, -0.05) is 0 Å². The number of aryl methyl sites for hydroxylation is 3. The number of rotatable bonds is 1. The highest BCUT2D eigenvalue weighted by Crippen LogP contribution is 2.38. The first-order valence-corrected chi connectivity index (χ1v) is 6.55. The second-order valence-corrected chi connectivity index (χ2v) is 5.26. The van der Waals surface area contributed by atoms with E-state index >= 15 is 0 Å². The number of methoxy groups -OCH3 is 1. The van der Waals surface area contributed by atoms with Gasteiger partial charge in [-0.15, -0.1) is 0 Å². The van der Waals surface area contributed by atoms with Gasteiger partial charge in [-0.05, 0) is 49.4 Å². The van der Waals surface area contributed by atoms with Crippen LogP contribution < -0.4 is 10.5 Å². The monoisotopic (exact) mass is 244 g/mol. The van der Waals surface area contributed by atoms with Crippen molar-refractivity contribution >= 4 is 10.9 Å². The number of nitrogens with zero attached hydrogens (tertiary/aromatic N) is 1. The fraction of sp³-hybridized carbons (Fsp3) is 0.467. The SMILES string of the molecule is COc1cc(C)c2c(c1)c1c(n2C)C(N)CCC1. The first-order chi connectivity index (χ1) is 8.63. The van der Waals surface area contributed by atoms with Crippen molar-refractivity contribution in [2.75, 3.05) is 7.11 Å². The quantitative estimate of drug-likeness (QED) is 0.838. The molecule has 1 unspecified atom stereocenters. The molecule has 0 saturated heterocycles. The van der Waals surface area contributed by atoms with Crippen molar-refractivity contribution in [2.24, 2.45) is 12.8 Å². The standard InChI is InChI=1S/C15H20N2O/c1-9-7-10(18-3)8-12-11-5-4-6-13(16)15(11)17(2)14(9)12/h7-8,13H,4-6,16H2,1-3H3. The predicted octanol–water partition coefficient (Wildman–Crippen LogP) is 2.83. The van der Waals surface area contributed by atoms with E-state index < -0.39 is 0 Å². The first-order valence-electron chi connectivity index (χ1n) is 6.55. The summed E-state index contributed by atoms with van der Waals surface area (Å²) >= 11 is 0. The van der Waals surface area contributed by atoms with Crippen molar-refractivity contribution in [1.82, 2.24) is 4.57 Å². The Hall–Kier alpha value is -1.48. The van der Waals surface area contributed by atoms with E-state index in [-0.39, 0.29) is 6.04 Å². The van der Waals surface area contributed by atoms with Crippen LogP contribution in [0.3, 0.4) is 0 Å². The lowest BCUT2D eigenvalue weighted by molar-refractivity contribution is 0.415. The minimum absolute atomic E-state index is 0.177. The summed E-state index contributed by atoms with van der Waals surface area (Å²) in [5.41, 5.74) is 11.6. The van der Waals surface area contributed by atoms with Crippen LogP contribution in [-0.2, 0) is 13.5 Å². The normalized spacial score (nSPS) is 19.0. The summed E-state index contributed by atoms with van der Waals surface area (Å²) in [4.78, 5) is 0. The molecule has 96 valence electrons. The number of hydrogen-bond acceptors (Lipinski definition) is 2. The molecular weight excluding hydrogens is 224 g/mol. The number of nitrogens with two attached hydrogens (primary N) is 1. The predicted molar refractivity (Wildman–Crippen MR) is 74.1 cm³/mol. The van der Waals surface area contributed by atoms with Crippen LogP contribution in [0.5, 0.6) is 5.75 Å². The van der Waals surface area contributed by atoms with Crippen LogP contribution in [0.4, 0.5) is 0 Å². The number of fused-ring (bicyclic) bond motifs is 3. The minimum Gasteiger partial charge on any atom is -0.497 e. The molecule has 18 heavy (non-hydrogen) atoms. The Bertz CT molecular complexity index is 613. The van der Waals surface area contributed by atoms with Gasteiger partial charge < -0.3 is 15.0 Å². The zero-order chi connectivity index (χ0) is 12.9. The Morgan fingerprint density at radius 3 is 2.89 bits per heavy atom. The maximum Gasteiger partial charge on any atom is 0.119 e. The van der Waals surface area contributed by atoms with E-state index in [1.807, 2.05) is 0 Å². The number of aromatic nitrogens is 1. The van der Waals surface area contributed by atoms with Crippen LogP contribution in [0.2, 0.25) is 0 Å². The summed E-state index contributed by atoms with van der Waals surface area (Å²) in [6, 6.07) is 4.43. The molecule has 1 aromatic carbocycles. The third kappa shape index (κ3) is 1.47. The maximum atomic E-state index is 6.28. The molecule has 0 fully saturated rings. The smallest absolute Gasteiger partial charge is 0.119 e. The molecule has 0 amide bonds. The van der Waals surface area contributed by atoms with E-state index in [1.54, 1.807) is 7.11 Å². The van der Waals surface area contributed by atoms with Gasteiger partial charge in [-0.3, -0.25) is 0 Å². The zero-order valence-corrected chi connectivity index (χ0v) is 11.3. The van der Waals surface area contributed by atoms with Gasteiger partial charge in [-0.25, -0.2) is 0 Å². The van der Waals surface area contributed by atoms with Gasteiger partial charge in [0, 0.05) is 24.2 Å². The Labute approximate surface area is 108 Å². The molecule has 2 aromatic rings. The van der Waals surface area contributed by atoms with Crippen LogP contribution in [0.1, 0.15) is 35.7 Å². The van der Waals surface area contributed by atoms with Crippen LogP contribution in [0.25, 0.3) is 10.9 Å². The average Bonchev–Trinajstić information content (AvgIpc) is 2.64. The van der Waals surface area contributed by atoms with E-state index in [0.29, 0.717) is 0 Å². The van der Waals surface area contributed by atoms with E-state index in [2.05, 4.69) is 30.7 Å². The molecule has 1 aliphatic carbocycles. The lowest BCUT2D eigenvalue weighted by atomic mass is 9.92. The second-order valence-electron chi connectivity index (χ2n) is 5.26. The highest BCUT2D eigenvalue weighted by atomic mass is 16.5. The molecule has 3 nitrogen and oxygen atoms in total. The lowest BCUT2D eigenvalue weighted by Gasteiger charge is -2.20. The Morgan fingerprint density at radius 2 is 2.17 bits per heavy atom. The van der Waals surface area contributed by atoms with Gasteiger partial charge in [0.05, 0.1) is 12.6 Å². The van der Waals surface area contributed by atoms with E-state index in [9.17, 15) is 0 Å². The molecule has 0 spiro atoms. The summed E-state index contributed by atoms with van der Waals surface area (Å²) in [7, 11) is 3.85. The molecule has 2 N–H and O–H groups in total. The van der Waals surface area contributed by atoms with E-state index in [0.717, 1.165) is 18.6 Å². The molecule has 0 radical (unpaired) electrons. The number of ether oxygens (including phenoxy) is 1. The van der Waals surface area contributed by atoms with Gasteiger partial charge in [0.1, 0.15) is 5.75 Å². The average molecular weight is 244 g/mol. The molecule has 3 heteroatoms. The van der Waals surface area contributed by atoms with E-state index in [4.69, 9.17) is 10.5 Å². The Morgan fingerprint density at radius 1 is 1.39 bits per heavy atom. The molecule has 1 aromatic heterocycles. The fourth-order valence-electron chi connectivity index (χ4n) is 3.37. The summed E-state index contributed by atoms with van der Waals surface area (Å²) in [6.45, 7) is 2.14. The van der Waals surface area contributed by atoms with Crippen molar-refractivity contribution in [3.63, 3.8) is 0 Å². The summed E-state index contributed by atoms with van der Waals surface area (Å²) in [5.74, 6) is 0.938. The van der Waals surface area contributed by atoms with E-state index in [1.165, 1.54) is 34.1 Å². The lowest BCUT2D eigenvalue weighted by Crippen LogP contribution is -2.19. The van der Waals surface area contributed by atoms with Crippen molar-refractivity contribution in [3.05, 3.63) is 29.0 Å². The van der Waals surface area contributed by atoms with Crippen LogP contribution in [0.15, 0.2) is 12.1 Å².